The molecule has 0 atom stereocenters. The molecule has 24 heavy (non-hydrogen) atoms. The van der Waals surface area contributed by atoms with Crippen LogP contribution in [0.3, 0.4) is 0 Å². The van der Waals surface area contributed by atoms with Gasteiger partial charge in [0.25, 0.3) is 0 Å². The molecule has 0 fully saturated rings. The van der Waals surface area contributed by atoms with Crippen molar-refractivity contribution in [2.45, 2.75) is 25.5 Å². The Morgan fingerprint density at radius 3 is 2.71 bits per heavy atom. The molecule has 0 amide bonds. The average molecular weight is 363 g/mol. The third-order valence-corrected chi connectivity index (χ3v) is 6.05. The van der Waals surface area contributed by atoms with Gasteiger partial charge in [-0.25, -0.2) is 8.42 Å². The minimum absolute atomic E-state index is 0.356. The lowest BCUT2D eigenvalue weighted by atomic mass is 10.1. The monoisotopic (exact) mass is 363 g/mol. The van der Waals surface area contributed by atoms with E-state index in [1.165, 1.54) is 11.3 Å². The first-order valence-electron chi connectivity index (χ1n) is 7.42. The van der Waals surface area contributed by atoms with Gasteiger partial charge in [0.2, 0.25) is 21.7 Å². The fraction of sp³-hybridized carbons (Fsp3) is 0.250. The van der Waals surface area contributed by atoms with E-state index < -0.39 is 15.3 Å². The van der Waals surface area contributed by atoms with E-state index in [-0.39, 0.29) is 0 Å². The molecule has 0 bridgehead atoms. The van der Waals surface area contributed by atoms with Crippen LogP contribution in [0.5, 0.6) is 0 Å². The van der Waals surface area contributed by atoms with E-state index in [0.717, 1.165) is 10.4 Å². The van der Waals surface area contributed by atoms with Gasteiger partial charge >= 0.3 is 0 Å². The van der Waals surface area contributed by atoms with Crippen LogP contribution in [0.1, 0.15) is 25.3 Å². The van der Waals surface area contributed by atoms with Gasteiger partial charge in [-0.1, -0.05) is 29.4 Å². The molecular formula is C16H17N3O3S2. The SMILES string of the molecule is CC(C)S(=O)(=O)Nc1ccccc1Cc1nc(-c2cccs2)no1. The summed E-state index contributed by atoms with van der Waals surface area (Å²) in [5, 5.41) is 5.40. The average Bonchev–Trinajstić information content (AvgIpc) is 3.19. The fourth-order valence-electron chi connectivity index (χ4n) is 2.04. The molecule has 2 heterocycles. The number of hydrogen-bond acceptors (Lipinski definition) is 6. The van der Waals surface area contributed by atoms with Gasteiger partial charge in [0.1, 0.15) is 0 Å². The highest BCUT2D eigenvalue weighted by molar-refractivity contribution is 7.93. The number of aromatic nitrogens is 2. The van der Waals surface area contributed by atoms with Crippen molar-refractivity contribution in [2.75, 3.05) is 4.72 Å². The summed E-state index contributed by atoms with van der Waals surface area (Å²) in [6, 6.07) is 11.0. The van der Waals surface area contributed by atoms with Crippen molar-refractivity contribution in [1.82, 2.24) is 10.1 Å². The van der Waals surface area contributed by atoms with Crippen LogP contribution in [0.2, 0.25) is 0 Å². The highest BCUT2D eigenvalue weighted by Gasteiger charge is 2.18. The van der Waals surface area contributed by atoms with Gasteiger partial charge in [-0.2, -0.15) is 4.98 Å². The van der Waals surface area contributed by atoms with Gasteiger partial charge in [0.15, 0.2) is 0 Å². The predicted octanol–water partition coefficient (Wildman–Crippen LogP) is 3.54. The van der Waals surface area contributed by atoms with Crippen LogP contribution in [0.4, 0.5) is 5.69 Å². The van der Waals surface area contributed by atoms with Crippen molar-refractivity contribution >= 4 is 27.0 Å². The minimum atomic E-state index is -3.41. The second-order valence-electron chi connectivity index (χ2n) is 5.52. The van der Waals surface area contributed by atoms with Crippen LogP contribution in [0.15, 0.2) is 46.3 Å². The summed E-state index contributed by atoms with van der Waals surface area (Å²) in [4.78, 5) is 5.31. The third kappa shape index (κ3) is 3.65. The molecular weight excluding hydrogens is 346 g/mol. The molecule has 126 valence electrons. The van der Waals surface area contributed by atoms with E-state index in [1.807, 2.05) is 29.6 Å². The number of rotatable bonds is 6. The maximum Gasteiger partial charge on any atom is 0.235 e. The van der Waals surface area contributed by atoms with Gasteiger partial charge in [0, 0.05) is 0 Å². The minimum Gasteiger partial charge on any atom is -0.339 e. The number of nitrogens with one attached hydrogen (secondary N) is 1. The quantitative estimate of drug-likeness (QED) is 0.724. The van der Waals surface area contributed by atoms with Gasteiger partial charge in [-0.05, 0) is 36.9 Å². The van der Waals surface area contributed by atoms with Gasteiger partial charge in [-0.15, -0.1) is 11.3 Å². The number of hydrogen-bond donors (Lipinski definition) is 1. The van der Waals surface area contributed by atoms with Crippen LogP contribution in [0, 0.1) is 0 Å². The highest BCUT2D eigenvalue weighted by Crippen LogP contribution is 2.24. The summed E-state index contributed by atoms with van der Waals surface area (Å²) in [6.07, 6.45) is 0.356. The van der Waals surface area contributed by atoms with Gasteiger partial charge in [0.05, 0.1) is 22.2 Å². The van der Waals surface area contributed by atoms with Crippen LogP contribution in [-0.4, -0.2) is 23.8 Å². The Balaban J connectivity index is 1.84. The Labute approximate surface area is 144 Å². The third-order valence-electron chi connectivity index (χ3n) is 3.44. The molecule has 0 aliphatic heterocycles. The largest absolute Gasteiger partial charge is 0.339 e. The van der Waals surface area contributed by atoms with E-state index in [9.17, 15) is 8.42 Å². The van der Waals surface area contributed by atoms with Crippen LogP contribution in [-0.2, 0) is 16.4 Å². The summed E-state index contributed by atoms with van der Waals surface area (Å²) < 4.78 is 32.1. The lowest BCUT2D eigenvalue weighted by molar-refractivity contribution is 0.386. The van der Waals surface area contributed by atoms with Crippen molar-refractivity contribution in [3.8, 4) is 10.7 Å². The van der Waals surface area contributed by atoms with Crippen molar-refractivity contribution in [3.63, 3.8) is 0 Å². The summed E-state index contributed by atoms with van der Waals surface area (Å²) in [6.45, 7) is 3.27. The maximum atomic E-state index is 12.1. The number of para-hydroxylation sites is 1. The van der Waals surface area contributed by atoms with Crippen molar-refractivity contribution < 1.29 is 12.9 Å². The molecule has 0 aliphatic carbocycles. The normalized spacial score (nSPS) is 11.8. The van der Waals surface area contributed by atoms with Gasteiger partial charge in [-0.3, -0.25) is 4.72 Å². The zero-order valence-corrected chi connectivity index (χ0v) is 14.9. The number of nitrogens with zero attached hydrogens (tertiary/aromatic N) is 2. The van der Waals surface area contributed by atoms with Crippen LogP contribution < -0.4 is 4.72 Å². The van der Waals surface area contributed by atoms with Gasteiger partial charge < -0.3 is 4.52 Å². The van der Waals surface area contributed by atoms with E-state index in [2.05, 4.69) is 14.9 Å². The topological polar surface area (TPSA) is 85.1 Å². The van der Waals surface area contributed by atoms with Crippen molar-refractivity contribution in [2.24, 2.45) is 0 Å². The number of sulfonamides is 1. The molecule has 0 saturated heterocycles. The molecule has 3 rings (SSSR count). The molecule has 1 aromatic carbocycles. The molecule has 2 aromatic heterocycles. The van der Waals surface area contributed by atoms with E-state index in [4.69, 9.17) is 4.52 Å². The second kappa shape index (κ2) is 6.74. The zero-order chi connectivity index (χ0) is 17.2. The Morgan fingerprint density at radius 2 is 2.00 bits per heavy atom. The van der Waals surface area contributed by atoms with E-state index >= 15 is 0 Å². The molecule has 0 radical (unpaired) electrons. The smallest absolute Gasteiger partial charge is 0.235 e. The molecule has 0 spiro atoms. The molecule has 1 N–H and O–H groups in total. The van der Waals surface area contributed by atoms with E-state index in [1.54, 1.807) is 26.0 Å². The Hall–Kier alpha value is -2.19. The first-order valence-corrected chi connectivity index (χ1v) is 9.84. The lowest BCUT2D eigenvalue weighted by Gasteiger charge is -2.13. The summed E-state index contributed by atoms with van der Waals surface area (Å²) in [5.41, 5.74) is 1.31. The number of anilines is 1. The summed E-state index contributed by atoms with van der Waals surface area (Å²) in [5.74, 6) is 0.981. The summed E-state index contributed by atoms with van der Waals surface area (Å²) >= 11 is 1.53. The van der Waals surface area contributed by atoms with Crippen LogP contribution >= 0.6 is 11.3 Å². The number of benzene rings is 1. The second-order valence-corrected chi connectivity index (χ2v) is 8.70. The molecule has 0 aliphatic rings. The molecule has 3 aromatic rings. The Kier molecular flexibility index (Phi) is 4.68. The predicted molar refractivity (Wildman–Crippen MR) is 94.5 cm³/mol. The van der Waals surface area contributed by atoms with Crippen LogP contribution in [0.25, 0.3) is 10.7 Å². The van der Waals surface area contributed by atoms with Crippen molar-refractivity contribution in [1.29, 1.82) is 0 Å². The fourth-order valence-corrected chi connectivity index (χ4v) is 3.43. The van der Waals surface area contributed by atoms with E-state index in [0.29, 0.717) is 23.8 Å². The molecule has 0 saturated carbocycles. The lowest BCUT2D eigenvalue weighted by Crippen LogP contribution is -2.23. The Morgan fingerprint density at radius 1 is 1.21 bits per heavy atom. The Bertz CT molecular complexity index is 916. The first kappa shape index (κ1) is 16.7. The standard InChI is InChI=1S/C16H17N3O3S2/c1-11(2)24(20,21)19-13-7-4-3-6-12(13)10-15-17-16(18-22-15)14-8-5-9-23-14/h3-9,11,19H,10H2,1-2H3. The highest BCUT2D eigenvalue weighted by atomic mass is 32.2. The molecule has 6 nitrogen and oxygen atoms in total. The molecule has 0 unspecified atom stereocenters. The summed E-state index contributed by atoms with van der Waals surface area (Å²) in [7, 11) is -3.41. The maximum absolute atomic E-state index is 12.1. The number of thiophene rings is 1. The first-order chi connectivity index (χ1) is 11.5. The zero-order valence-electron chi connectivity index (χ0n) is 13.3. The molecule has 8 heteroatoms. The van der Waals surface area contributed by atoms with Crippen molar-refractivity contribution in [3.05, 3.63) is 53.2 Å².